The zero-order chi connectivity index (χ0) is 13.9. The lowest BCUT2D eigenvalue weighted by molar-refractivity contribution is 0.947. The minimum Gasteiger partial charge on any atom is -0.364 e. The summed E-state index contributed by atoms with van der Waals surface area (Å²) in [5.41, 5.74) is 4.28. The van der Waals surface area contributed by atoms with Gasteiger partial charge in [0.15, 0.2) is 5.82 Å². The highest BCUT2D eigenvalue weighted by atomic mass is 35.5. The molecule has 2 aromatic heterocycles. The van der Waals surface area contributed by atoms with Crippen molar-refractivity contribution in [3.63, 3.8) is 0 Å². The molecule has 1 N–H and O–H groups in total. The first-order chi connectivity index (χ1) is 9.78. The second kappa shape index (κ2) is 5.51. The third-order valence-corrected chi connectivity index (χ3v) is 3.59. The molecule has 0 bridgehead atoms. The van der Waals surface area contributed by atoms with Crippen LogP contribution in [0.2, 0.25) is 0 Å². The molecular formula is C15H15ClN4. The number of imidazole rings is 1. The summed E-state index contributed by atoms with van der Waals surface area (Å²) >= 11 is 5.78. The van der Waals surface area contributed by atoms with Crippen molar-refractivity contribution in [3.8, 4) is 0 Å². The molecular weight excluding hydrogens is 272 g/mol. The minimum absolute atomic E-state index is 0.544. The molecule has 0 fully saturated rings. The van der Waals surface area contributed by atoms with E-state index in [-0.39, 0.29) is 0 Å². The summed E-state index contributed by atoms with van der Waals surface area (Å²) in [4.78, 5) is 8.74. The number of aryl methyl sites for hydroxylation is 1. The van der Waals surface area contributed by atoms with E-state index < -0.39 is 0 Å². The predicted molar refractivity (Wildman–Crippen MR) is 81.8 cm³/mol. The van der Waals surface area contributed by atoms with Crippen molar-refractivity contribution >= 4 is 28.5 Å². The lowest BCUT2D eigenvalue weighted by Crippen LogP contribution is -2.02. The summed E-state index contributed by atoms with van der Waals surface area (Å²) in [7, 11) is 1.98. The molecule has 1 aromatic carbocycles. The summed E-state index contributed by atoms with van der Waals surface area (Å²) in [6.07, 6.45) is 3.59. The fraction of sp³-hybridized carbons (Fsp3) is 0.200. The van der Waals surface area contributed by atoms with E-state index in [0.717, 1.165) is 22.4 Å². The van der Waals surface area contributed by atoms with E-state index in [9.17, 15) is 0 Å². The van der Waals surface area contributed by atoms with Crippen LogP contribution in [0.4, 0.5) is 5.82 Å². The lowest BCUT2D eigenvalue weighted by atomic mass is 10.1. The van der Waals surface area contributed by atoms with Crippen LogP contribution in [0.3, 0.4) is 0 Å². The van der Waals surface area contributed by atoms with Gasteiger partial charge in [0.1, 0.15) is 5.52 Å². The van der Waals surface area contributed by atoms with Crippen molar-refractivity contribution < 1.29 is 0 Å². The highest BCUT2D eigenvalue weighted by Crippen LogP contribution is 2.19. The van der Waals surface area contributed by atoms with Crippen LogP contribution >= 0.6 is 11.6 Å². The van der Waals surface area contributed by atoms with Crippen molar-refractivity contribution in [2.75, 3.05) is 5.32 Å². The third kappa shape index (κ3) is 2.47. The normalized spacial score (nSPS) is 10.9. The van der Waals surface area contributed by atoms with Crippen LogP contribution in [-0.2, 0) is 19.5 Å². The second-order valence-electron chi connectivity index (χ2n) is 4.69. The van der Waals surface area contributed by atoms with Gasteiger partial charge >= 0.3 is 0 Å². The van der Waals surface area contributed by atoms with Crippen molar-refractivity contribution in [1.29, 1.82) is 0 Å². The van der Waals surface area contributed by atoms with Crippen molar-refractivity contribution in [3.05, 3.63) is 54.0 Å². The van der Waals surface area contributed by atoms with E-state index >= 15 is 0 Å². The van der Waals surface area contributed by atoms with Crippen LogP contribution in [0, 0.1) is 0 Å². The van der Waals surface area contributed by atoms with Gasteiger partial charge in [0.25, 0.3) is 0 Å². The van der Waals surface area contributed by atoms with Gasteiger partial charge in [-0.1, -0.05) is 24.3 Å². The van der Waals surface area contributed by atoms with Gasteiger partial charge in [-0.3, -0.25) is 0 Å². The fourth-order valence-corrected chi connectivity index (χ4v) is 2.30. The number of nitrogens with zero attached hydrogens (tertiary/aromatic N) is 3. The standard InChI is InChI=1S/C15H15ClN4/c1-20-10-19-14-13(20)6-7-17-15(14)18-9-12-4-2-11(8-16)3-5-12/h2-7,10H,8-9H2,1H3,(H,17,18). The number of aromatic nitrogens is 3. The molecule has 4 nitrogen and oxygen atoms in total. The van der Waals surface area contributed by atoms with Crippen molar-refractivity contribution in [2.24, 2.45) is 7.05 Å². The summed E-state index contributed by atoms with van der Waals surface area (Å²) in [5, 5.41) is 3.33. The predicted octanol–water partition coefficient (Wildman–Crippen LogP) is 3.32. The Bertz CT molecular complexity index is 718. The first-order valence-corrected chi connectivity index (χ1v) is 6.95. The molecule has 5 heteroatoms. The summed E-state index contributed by atoms with van der Waals surface area (Å²) in [6, 6.07) is 10.2. The van der Waals surface area contributed by atoms with Crippen LogP contribution in [0.15, 0.2) is 42.9 Å². The maximum Gasteiger partial charge on any atom is 0.154 e. The Hall–Kier alpha value is -2.07. The Morgan fingerprint density at radius 3 is 2.60 bits per heavy atom. The molecule has 102 valence electrons. The van der Waals surface area contributed by atoms with E-state index in [4.69, 9.17) is 11.6 Å². The van der Waals surface area contributed by atoms with E-state index in [1.807, 2.05) is 29.8 Å². The SMILES string of the molecule is Cn1cnc2c(NCc3ccc(CCl)cc3)nccc21. The average Bonchev–Trinajstić information content (AvgIpc) is 2.88. The van der Waals surface area contributed by atoms with E-state index in [1.165, 1.54) is 5.56 Å². The average molecular weight is 287 g/mol. The van der Waals surface area contributed by atoms with Crippen LogP contribution in [-0.4, -0.2) is 14.5 Å². The molecule has 0 amide bonds. The number of nitrogens with one attached hydrogen (secondary N) is 1. The first-order valence-electron chi connectivity index (χ1n) is 6.41. The molecule has 0 saturated heterocycles. The number of rotatable bonds is 4. The third-order valence-electron chi connectivity index (χ3n) is 3.28. The van der Waals surface area contributed by atoms with Gasteiger partial charge in [-0.25, -0.2) is 9.97 Å². The number of benzene rings is 1. The van der Waals surface area contributed by atoms with Gasteiger partial charge in [0.05, 0.1) is 11.8 Å². The lowest BCUT2D eigenvalue weighted by Gasteiger charge is -2.07. The molecule has 0 spiro atoms. The van der Waals surface area contributed by atoms with Crippen LogP contribution < -0.4 is 5.32 Å². The number of fused-ring (bicyclic) bond motifs is 1. The summed E-state index contributed by atoms with van der Waals surface area (Å²) < 4.78 is 1.98. The molecule has 0 radical (unpaired) electrons. The molecule has 0 aliphatic heterocycles. The largest absolute Gasteiger partial charge is 0.364 e. The summed E-state index contributed by atoms with van der Waals surface area (Å²) in [5.74, 6) is 1.35. The van der Waals surface area contributed by atoms with E-state index in [2.05, 4.69) is 27.4 Å². The van der Waals surface area contributed by atoms with Gasteiger partial charge in [-0.15, -0.1) is 11.6 Å². The van der Waals surface area contributed by atoms with E-state index in [1.54, 1.807) is 12.5 Å². The summed E-state index contributed by atoms with van der Waals surface area (Å²) in [6.45, 7) is 0.714. The zero-order valence-electron chi connectivity index (χ0n) is 11.2. The maximum absolute atomic E-state index is 5.78. The van der Waals surface area contributed by atoms with Gasteiger partial charge in [-0.05, 0) is 17.2 Å². The van der Waals surface area contributed by atoms with Crippen LogP contribution in [0.5, 0.6) is 0 Å². The fourth-order valence-electron chi connectivity index (χ4n) is 2.12. The van der Waals surface area contributed by atoms with Gasteiger partial charge < -0.3 is 9.88 Å². The molecule has 3 aromatic rings. The molecule has 3 rings (SSSR count). The Balaban J connectivity index is 1.79. The first kappa shape index (κ1) is 12.9. The Labute approximate surface area is 122 Å². The highest BCUT2D eigenvalue weighted by molar-refractivity contribution is 6.17. The number of hydrogen-bond donors (Lipinski definition) is 1. The Morgan fingerprint density at radius 2 is 1.85 bits per heavy atom. The minimum atomic E-state index is 0.544. The number of halogens is 1. The van der Waals surface area contributed by atoms with Crippen molar-refractivity contribution in [1.82, 2.24) is 14.5 Å². The number of anilines is 1. The van der Waals surface area contributed by atoms with Gasteiger partial charge in [0.2, 0.25) is 0 Å². The maximum atomic E-state index is 5.78. The molecule has 0 aliphatic carbocycles. The monoisotopic (exact) mass is 286 g/mol. The van der Waals surface area contributed by atoms with Gasteiger partial charge in [0, 0.05) is 25.7 Å². The highest BCUT2D eigenvalue weighted by Gasteiger charge is 2.06. The Kier molecular flexibility index (Phi) is 3.56. The molecule has 0 atom stereocenters. The smallest absolute Gasteiger partial charge is 0.154 e. The van der Waals surface area contributed by atoms with E-state index in [0.29, 0.717) is 12.4 Å². The quantitative estimate of drug-likeness (QED) is 0.748. The number of pyridine rings is 1. The molecule has 0 unspecified atom stereocenters. The molecule has 0 saturated carbocycles. The molecule has 2 heterocycles. The zero-order valence-corrected chi connectivity index (χ0v) is 11.9. The Morgan fingerprint density at radius 1 is 1.10 bits per heavy atom. The van der Waals surface area contributed by atoms with Crippen LogP contribution in [0.1, 0.15) is 11.1 Å². The number of hydrogen-bond acceptors (Lipinski definition) is 3. The number of alkyl halides is 1. The van der Waals surface area contributed by atoms with Crippen LogP contribution in [0.25, 0.3) is 11.0 Å². The second-order valence-corrected chi connectivity index (χ2v) is 4.95. The van der Waals surface area contributed by atoms with Crippen molar-refractivity contribution in [2.45, 2.75) is 12.4 Å². The topological polar surface area (TPSA) is 42.7 Å². The molecule has 20 heavy (non-hydrogen) atoms. The van der Waals surface area contributed by atoms with Gasteiger partial charge in [-0.2, -0.15) is 0 Å². The molecule has 0 aliphatic rings.